The highest BCUT2D eigenvalue weighted by Crippen LogP contribution is 2.28. The SMILES string of the molecule is CCNC(=NCC1CC1)NCCCCn1c(C)cccc1=O. The minimum absolute atomic E-state index is 0.0901. The van der Waals surface area contributed by atoms with E-state index in [9.17, 15) is 4.79 Å². The van der Waals surface area contributed by atoms with Crippen molar-refractivity contribution in [3.05, 3.63) is 34.2 Å². The molecule has 0 amide bonds. The maximum absolute atomic E-state index is 11.8. The fraction of sp³-hybridized carbons (Fsp3) is 0.647. The fourth-order valence-electron chi connectivity index (χ4n) is 2.37. The Morgan fingerprint density at radius 3 is 2.82 bits per heavy atom. The van der Waals surface area contributed by atoms with Crippen molar-refractivity contribution < 1.29 is 0 Å². The Hall–Kier alpha value is -1.78. The lowest BCUT2D eigenvalue weighted by Gasteiger charge is -2.12. The van der Waals surface area contributed by atoms with Crippen molar-refractivity contribution in [2.75, 3.05) is 19.6 Å². The standard InChI is InChI=1S/C17H28N4O/c1-3-18-17(20-13-15-9-10-15)19-11-4-5-12-21-14(2)7-6-8-16(21)22/h6-8,15H,3-5,9-13H2,1-2H3,(H2,18,19,20). The molecule has 1 fully saturated rings. The Kier molecular flexibility index (Phi) is 6.49. The molecule has 22 heavy (non-hydrogen) atoms. The summed E-state index contributed by atoms with van der Waals surface area (Å²) in [4.78, 5) is 16.4. The van der Waals surface area contributed by atoms with E-state index >= 15 is 0 Å². The monoisotopic (exact) mass is 304 g/mol. The summed E-state index contributed by atoms with van der Waals surface area (Å²) < 4.78 is 1.84. The maximum atomic E-state index is 11.8. The summed E-state index contributed by atoms with van der Waals surface area (Å²) in [5, 5.41) is 6.65. The first-order valence-corrected chi connectivity index (χ1v) is 8.39. The van der Waals surface area contributed by atoms with Crippen LogP contribution in [0.5, 0.6) is 0 Å². The molecule has 1 aromatic heterocycles. The van der Waals surface area contributed by atoms with E-state index in [1.165, 1.54) is 12.8 Å². The van der Waals surface area contributed by atoms with Crippen molar-refractivity contribution in [3.8, 4) is 0 Å². The van der Waals surface area contributed by atoms with Gasteiger partial charge in [-0.2, -0.15) is 0 Å². The number of aromatic nitrogens is 1. The molecule has 0 aromatic carbocycles. The van der Waals surface area contributed by atoms with Gasteiger partial charge in [-0.05, 0) is 51.5 Å². The molecule has 0 unspecified atom stereocenters. The van der Waals surface area contributed by atoms with Crippen molar-refractivity contribution >= 4 is 5.96 Å². The van der Waals surface area contributed by atoms with Gasteiger partial charge in [0.25, 0.3) is 5.56 Å². The second-order valence-electron chi connectivity index (χ2n) is 5.95. The van der Waals surface area contributed by atoms with Crippen LogP contribution in [0.1, 0.15) is 38.3 Å². The fourth-order valence-corrected chi connectivity index (χ4v) is 2.37. The third-order valence-corrected chi connectivity index (χ3v) is 3.92. The first kappa shape index (κ1) is 16.6. The van der Waals surface area contributed by atoms with Crippen LogP contribution in [-0.4, -0.2) is 30.2 Å². The molecule has 1 aliphatic carbocycles. The Balaban J connectivity index is 1.69. The predicted molar refractivity (Wildman–Crippen MR) is 91.4 cm³/mol. The predicted octanol–water partition coefficient (Wildman–Crippen LogP) is 1.90. The zero-order valence-electron chi connectivity index (χ0n) is 13.8. The molecular weight excluding hydrogens is 276 g/mol. The molecule has 0 bridgehead atoms. The summed E-state index contributed by atoms with van der Waals surface area (Å²) in [5.74, 6) is 1.73. The number of nitrogens with zero attached hydrogens (tertiary/aromatic N) is 2. The molecule has 1 heterocycles. The van der Waals surface area contributed by atoms with Crippen LogP contribution in [-0.2, 0) is 6.54 Å². The number of nitrogens with one attached hydrogen (secondary N) is 2. The van der Waals surface area contributed by atoms with Crippen molar-refractivity contribution in [1.82, 2.24) is 15.2 Å². The number of aryl methyl sites for hydroxylation is 1. The molecule has 5 nitrogen and oxygen atoms in total. The van der Waals surface area contributed by atoms with E-state index in [4.69, 9.17) is 0 Å². The van der Waals surface area contributed by atoms with E-state index in [0.717, 1.165) is 56.6 Å². The van der Waals surface area contributed by atoms with Gasteiger partial charge in [-0.15, -0.1) is 0 Å². The van der Waals surface area contributed by atoms with Gasteiger partial charge in [0, 0.05) is 37.9 Å². The quantitative estimate of drug-likeness (QED) is 0.438. The van der Waals surface area contributed by atoms with E-state index in [1.807, 2.05) is 23.6 Å². The number of hydrogen-bond donors (Lipinski definition) is 2. The van der Waals surface area contributed by atoms with Crippen molar-refractivity contribution in [1.29, 1.82) is 0 Å². The molecule has 5 heteroatoms. The highest BCUT2D eigenvalue weighted by Gasteiger charge is 2.20. The van der Waals surface area contributed by atoms with Gasteiger partial charge in [0.2, 0.25) is 0 Å². The van der Waals surface area contributed by atoms with E-state index in [-0.39, 0.29) is 5.56 Å². The normalized spacial score (nSPS) is 14.9. The van der Waals surface area contributed by atoms with Crippen LogP contribution < -0.4 is 16.2 Å². The Morgan fingerprint density at radius 2 is 2.14 bits per heavy atom. The van der Waals surface area contributed by atoms with Gasteiger partial charge in [-0.25, -0.2) is 0 Å². The Bertz CT molecular complexity index is 546. The average Bonchev–Trinajstić information content (AvgIpc) is 3.31. The number of hydrogen-bond acceptors (Lipinski definition) is 2. The summed E-state index contributed by atoms with van der Waals surface area (Å²) in [6.07, 6.45) is 4.66. The van der Waals surface area contributed by atoms with Crippen LogP contribution in [0.3, 0.4) is 0 Å². The van der Waals surface area contributed by atoms with Crippen molar-refractivity contribution in [2.24, 2.45) is 10.9 Å². The van der Waals surface area contributed by atoms with Crippen LogP contribution in [0.15, 0.2) is 28.0 Å². The molecule has 0 atom stereocenters. The van der Waals surface area contributed by atoms with Crippen LogP contribution in [0.4, 0.5) is 0 Å². The average molecular weight is 304 g/mol. The highest BCUT2D eigenvalue weighted by molar-refractivity contribution is 5.79. The van der Waals surface area contributed by atoms with Gasteiger partial charge in [0.05, 0.1) is 0 Å². The Labute approximate surface area is 132 Å². The van der Waals surface area contributed by atoms with E-state index in [1.54, 1.807) is 6.07 Å². The zero-order valence-corrected chi connectivity index (χ0v) is 13.8. The molecule has 2 N–H and O–H groups in total. The van der Waals surface area contributed by atoms with Crippen LogP contribution in [0.2, 0.25) is 0 Å². The van der Waals surface area contributed by atoms with Crippen LogP contribution in [0, 0.1) is 12.8 Å². The first-order chi connectivity index (χ1) is 10.7. The summed E-state index contributed by atoms with van der Waals surface area (Å²) in [6, 6.07) is 5.42. The number of unbranched alkanes of at least 4 members (excludes halogenated alkanes) is 1. The second kappa shape index (κ2) is 8.61. The van der Waals surface area contributed by atoms with Gasteiger partial charge in [-0.1, -0.05) is 6.07 Å². The van der Waals surface area contributed by atoms with Crippen LogP contribution >= 0.6 is 0 Å². The van der Waals surface area contributed by atoms with Gasteiger partial charge in [-0.3, -0.25) is 9.79 Å². The lowest BCUT2D eigenvalue weighted by molar-refractivity contribution is 0.574. The summed E-state index contributed by atoms with van der Waals surface area (Å²) >= 11 is 0. The molecule has 122 valence electrons. The van der Waals surface area contributed by atoms with E-state index in [0.29, 0.717) is 0 Å². The maximum Gasteiger partial charge on any atom is 0.250 e. The molecule has 0 radical (unpaired) electrons. The number of rotatable bonds is 8. The molecule has 0 spiro atoms. The smallest absolute Gasteiger partial charge is 0.250 e. The lowest BCUT2D eigenvalue weighted by Crippen LogP contribution is -2.38. The first-order valence-electron chi connectivity index (χ1n) is 8.39. The number of pyridine rings is 1. The number of aliphatic imine (C=N–C) groups is 1. The summed E-state index contributed by atoms with van der Waals surface area (Å²) in [7, 11) is 0. The Morgan fingerprint density at radius 1 is 1.32 bits per heavy atom. The van der Waals surface area contributed by atoms with Crippen LogP contribution in [0.25, 0.3) is 0 Å². The van der Waals surface area contributed by atoms with Gasteiger partial charge in [0.1, 0.15) is 0 Å². The zero-order chi connectivity index (χ0) is 15.8. The minimum atomic E-state index is 0.0901. The number of guanidine groups is 1. The van der Waals surface area contributed by atoms with Gasteiger partial charge in [0.15, 0.2) is 5.96 Å². The van der Waals surface area contributed by atoms with Gasteiger partial charge < -0.3 is 15.2 Å². The van der Waals surface area contributed by atoms with Crippen molar-refractivity contribution in [2.45, 2.75) is 46.1 Å². The second-order valence-corrected chi connectivity index (χ2v) is 5.95. The van der Waals surface area contributed by atoms with E-state index < -0.39 is 0 Å². The summed E-state index contributed by atoms with van der Waals surface area (Å²) in [6.45, 7) is 7.55. The third-order valence-electron chi connectivity index (χ3n) is 3.92. The molecule has 1 saturated carbocycles. The van der Waals surface area contributed by atoms with E-state index in [2.05, 4.69) is 22.5 Å². The van der Waals surface area contributed by atoms with Gasteiger partial charge >= 0.3 is 0 Å². The molecule has 1 aliphatic rings. The van der Waals surface area contributed by atoms with Crippen molar-refractivity contribution in [3.63, 3.8) is 0 Å². The molecule has 0 saturated heterocycles. The largest absolute Gasteiger partial charge is 0.357 e. The highest BCUT2D eigenvalue weighted by atomic mass is 16.1. The minimum Gasteiger partial charge on any atom is -0.357 e. The topological polar surface area (TPSA) is 58.4 Å². The third kappa shape index (κ3) is 5.54. The molecular formula is C17H28N4O. The molecule has 0 aliphatic heterocycles. The lowest BCUT2D eigenvalue weighted by atomic mass is 10.3. The molecule has 2 rings (SSSR count). The summed E-state index contributed by atoms with van der Waals surface area (Å²) in [5.41, 5.74) is 1.12. The molecule has 1 aromatic rings.